The van der Waals surface area contributed by atoms with Gasteiger partial charge in [-0.25, -0.2) is 4.79 Å². The molecule has 0 bridgehead atoms. The van der Waals surface area contributed by atoms with Gasteiger partial charge in [-0.1, -0.05) is 58.9 Å². The molecule has 0 heterocycles. The Bertz CT molecular complexity index is 1040. The summed E-state index contributed by atoms with van der Waals surface area (Å²) in [4.78, 5) is 12.0. The van der Waals surface area contributed by atoms with Gasteiger partial charge < -0.3 is 5.21 Å². The average molecular weight is 357 g/mol. The fourth-order valence-corrected chi connectivity index (χ4v) is 3.60. The van der Waals surface area contributed by atoms with Crippen LogP contribution < -0.4 is 5.23 Å². The molecule has 0 saturated carbocycles. The third-order valence-corrected chi connectivity index (χ3v) is 5.04. The van der Waals surface area contributed by atoms with Gasteiger partial charge in [-0.15, -0.1) is 5.23 Å². The maximum atomic E-state index is 12.5. The number of nitrogens with one attached hydrogen (secondary N) is 1. The number of hydroxylamine groups is 2. The normalized spacial score (nSPS) is 12.9. The second-order valence-electron chi connectivity index (χ2n) is 5.45. The van der Waals surface area contributed by atoms with Crippen LogP contribution in [0, 0.1) is 12.1 Å². The summed E-state index contributed by atoms with van der Waals surface area (Å²) in [6.07, 6.45) is 0. The van der Waals surface area contributed by atoms with Gasteiger partial charge >= 0.3 is 16.0 Å². The number of aryl methyl sites for hydroxylation is 1. The van der Waals surface area contributed by atoms with Crippen molar-refractivity contribution in [2.45, 2.75) is 11.8 Å². The number of quaternary nitrogens is 1. The molecular weight excluding hydrogens is 342 g/mol. The Morgan fingerprint density at radius 1 is 0.960 bits per heavy atom. The highest BCUT2D eigenvalue weighted by Gasteiger charge is 2.27. The van der Waals surface area contributed by atoms with Crippen LogP contribution in [0.5, 0.6) is 0 Å². The van der Waals surface area contributed by atoms with E-state index in [0.717, 1.165) is 0 Å². The second-order valence-corrected chi connectivity index (χ2v) is 6.96. The topological polar surface area (TPSA) is 87.9 Å². The van der Waals surface area contributed by atoms with Crippen molar-refractivity contribution in [3.63, 3.8) is 0 Å². The molecule has 7 heteroatoms. The van der Waals surface area contributed by atoms with Crippen molar-refractivity contribution in [2.75, 3.05) is 0 Å². The van der Waals surface area contributed by atoms with Crippen molar-refractivity contribution < 1.29 is 22.7 Å². The van der Waals surface area contributed by atoms with Gasteiger partial charge in [0.1, 0.15) is 4.90 Å². The number of carbonyl (C=O) groups is 1. The maximum Gasteiger partial charge on any atom is 0.378 e. The summed E-state index contributed by atoms with van der Waals surface area (Å²) in [5, 5.41) is 11.7. The van der Waals surface area contributed by atoms with Gasteiger partial charge in [0.25, 0.3) is 0 Å². The van der Waals surface area contributed by atoms with E-state index in [-0.39, 0.29) is 10.5 Å². The number of amides is 1. The van der Waals surface area contributed by atoms with Crippen LogP contribution in [-0.4, -0.2) is 14.3 Å². The highest BCUT2D eigenvalue weighted by Crippen LogP contribution is 2.23. The number of benzene rings is 3. The number of hydrogen-bond acceptors (Lipinski definition) is 5. The van der Waals surface area contributed by atoms with E-state index in [1.807, 2.05) is 0 Å². The Morgan fingerprint density at radius 2 is 1.60 bits per heavy atom. The van der Waals surface area contributed by atoms with E-state index in [1.54, 1.807) is 61.5 Å². The van der Waals surface area contributed by atoms with Crippen molar-refractivity contribution >= 4 is 26.8 Å². The molecule has 0 aliphatic rings. The molecular formula is C18H15NO5S. The van der Waals surface area contributed by atoms with Crippen molar-refractivity contribution in [3.05, 3.63) is 83.1 Å². The van der Waals surface area contributed by atoms with Gasteiger partial charge in [-0.05, 0) is 30.0 Å². The van der Waals surface area contributed by atoms with Gasteiger partial charge in [0.15, 0.2) is 0 Å². The van der Waals surface area contributed by atoms with Gasteiger partial charge in [0, 0.05) is 5.39 Å². The molecule has 0 aliphatic heterocycles. The average Bonchev–Trinajstić information content (AvgIpc) is 2.60. The standard InChI is InChI=1S/C18H15NO5S/c1-13-7-2-4-10-15(13)18(20)19(21)24-25(22,23)17-12-6-9-14-8-3-5-11-16(14)17/h2-12,19H,1H3. The lowest BCUT2D eigenvalue weighted by atomic mass is 10.1. The Balaban J connectivity index is 1.93. The molecule has 128 valence electrons. The maximum absolute atomic E-state index is 12.5. The summed E-state index contributed by atoms with van der Waals surface area (Å²) in [7, 11) is -4.42. The van der Waals surface area contributed by atoms with Crippen LogP contribution in [0.25, 0.3) is 10.8 Å². The van der Waals surface area contributed by atoms with Crippen molar-refractivity contribution in [2.24, 2.45) is 0 Å². The van der Waals surface area contributed by atoms with Crippen molar-refractivity contribution in [1.29, 1.82) is 0 Å². The molecule has 1 unspecified atom stereocenters. The zero-order valence-corrected chi connectivity index (χ0v) is 14.1. The van der Waals surface area contributed by atoms with E-state index >= 15 is 0 Å². The van der Waals surface area contributed by atoms with Crippen molar-refractivity contribution in [1.82, 2.24) is 0 Å². The molecule has 3 aromatic rings. The highest BCUT2D eigenvalue weighted by atomic mass is 32.2. The molecule has 0 aromatic heterocycles. The van der Waals surface area contributed by atoms with Crippen LogP contribution in [0.15, 0.2) is 71.6 Å². The van der Waals surface area contributed by atoms with Crippen LogP contribution >= 0.6 is 0 Å². The van der Waals surface area contributed by atoms with Gasteiger partial charge in [-0.2, -0.15) is 8.42 Å². The molecule has 0 saturated heterocycles. The quantitative estimate of drug-likeness (QED) is 0.722. The molecule has 6 nitrogen and oxygen atoms in total. The number of hydrogen-bond donors (Lipinski definition) is 1. The first kappa shape index (κ1) is 17.2. The second kappa shape index (κ2) is 6.73. The van der Waals surface area contributed by atoms with E-state index in [0.29, 0.717) is 16.3 Å². The number of fused-ring (bicyclic) bond motifs is 1. The van der Waals surface area contributed by atoms with Crippen LogP contribution in [0.3, 0.4) is 0 Å². The highest BCUT2D eigenvalue weighted by molar-refractivity contribution is 7.86. The van der Waals surface area contributed by atoms with Crippen LogP contribution in [0.4, 0.5) is 0 Å². The molecule has 1 N–H and O–H groups in total. The van der Waals surface area contributed by atoms with Gasteiger partial charge in [0.2, 0.25) is 0 Å². The fraction of sp³-hybridized carbons (Fsp3) is 0.0556. The summed E-state index contributed by atoms with van der Waals surface area (Å²) in [6, 6.07) is 17.8. The smallest absolute Gasteiger partial charge is 0.378 e. The lowest BCUT2D eigenvalue weighted by Gasteiger charge is -2.17. The fourth-order valence-electron chi connectivity index (χ4n) is 2.53. The predicted molar refractivity (Wildman–Crippen MR) is 92.1 cm³/mol. The molecule has 25 heavy (non-hydrogen) atoms. The zero-order valence-electron chi connectivity index (χ0n) is 13.3. The summed E-state index contributed by atoms with van der Waals surface area (Å²) >= 11 is 0. The molecule has 0 aliphatic carbocycles. The summed E-state index contributed by atoms with van der Waals surface area (Å²) in [5.74, 6) is -0.998. The third kappa shape index (κ3) is 3.45. The van der Waals surface area contributed by atoms with Gasteiger partial charge in [0.05, 0.1) is 5.56 Å². The van der Waals surface area contributed by atoms with E-state index < -0.39 is 21.3 Å². The Hall–Kier alpha value is -2.58. The van der Waals surface area contributed by atoms with Crippen molar-refractivity contribution in [3.8, 4) is 0 Å². The summed E-state index contributed by atoms with van der Waals surface area (Å²) in [5.41, 5.74) is 0.674. The monoisotopic (exact) mass is 357 g/mol. The minimum Gasteiger partial charge on any atom is -0.591 e. The minimum absolute atomic E-state index is 0.112. The molecule has 1 atom stereocenters. The number of carbonyl (C=O) groups excluding carboxylic acids is 1. The lowest BCUT2D eigenvalue weighted by Crippen LogP contribution is -3.09. The Morgan fingerprint density at radius 3 is 2.36 bits per heavy atom. The number of rotatable bonds is 4. The molecule has 3 aromatic carbocycles. The molecule has 1 amide bonds. The Kier molecular flexibility index (Phi) is 4.65. The Labute approximate surface area is 144 Å². The van der Waals surface area contributed by atoms with Crippen LogP contribution in [0.2, 0.25) is 0 Å². The molecule has 0 radical (unpaired) electrons. The largest absolute Gasteiger partial charge is 0.591 e. The molecule has 0 spiro atoms. The molecule has 0 fully saturated rings. The van der Waals surface area contributed by atoms with E-state index in [4.69, 9.17) is 0 Å². The predicted octanol–water partition coefficient (Wildman–Crippen LogP) is 1.99. The summed E-state index contributed by atoms with van der Waals surface area (Å²) < 4.78 is 29.6. The van der Waals surface area contributed by atoms with E-state index in [9.17, 15) is 18.4 Å². The minimum atomic E-state index is -4.42. The van der Waals surface area contributed by atoms with Crippen LogP contribution in [-0.2, 0) is 14.4 Å². The first-order valence-corrected chi connectivity index (χ1v) is 8.87. The molecule has 3 rings (SSSR count). The van der Waals surface area contributed by atoms with E-state index in [1.165, 1.54) is 12.1 Å². The lowest BCUT2D eigenvalue weighted by molar-refractivity contribution is -0.947. The van der Waals surface area contributed by atoms with Gasteiger partial charge in [-0.3, -0.25) is 0 Å². The van der Waals surface area contributed by atoms with E-state index in [2.05, 4.69) is 4.28 Å². The SMILES string of the molecule is Cc1ccccc1C(=O)[NH+]([O-])OS(=O)(=O)c1cccc2ccccc12. The first-order chi connectivity index (χ1) is 11.9. The summed E-state index contributed by atoms with van der Waals surface area (Å²) in [6.45, 7) is 1.65. The first-order valence-electron chi connectivity index (χ1n) is 7.47. The van der Waals surface area contributed by atoms with Crippen LogP contribution in [0.1, 0.15) is 15.9 Å². The zero-order chi connectivity index (χ0) is 18.0. The third-order valence-electron chi connectivity index (χ3n) is 3.78.